The van der Waals surface area contributed by atoms with E-state index in [2.05, 4.69) is 5.32 Å². The third-order valence-electron chi connectivity index (χ3n) is 2.17. The second kappa shape index (κ2) is 6.65. The summed E-state index contributed by atoms with van der Waals surface area (Å²) in [7, 11) is -3.67. The third-order valence-corrected chi connectivity index (χ3v) is 3.44. The van der Waals surface area contributed by atoms with E-state index >= 15 is 0 Å². The van der Waals surface area contributed by atoms with Gasteiger partial charge in [-0.1, -0.05) is 6.92 Å². The molecule has 7 heteroatoms. The summed E-state index contributed by atoms with van der Waals surface area (Å²) in [5, 5.41) is 2.92. The van der Waals surface area contributed by atoms with Crippen molar-refractivity contribution >= 4 is 15.7 Å². The molecule has 0 atom stereocenters. The number of hydrogen-bond acceptors (Lipinski definition) is 3. The van der Waals surface area contributed by atoms with Gasteiger partial charge in [-0.3, -0.25) is 4.72 Å². The maximum absolute atomic E-state index is 13.2. The molecule has 0 aliphatic heterocycles. The van der Waals surface area contributed by atoms with Crippen LogP contribution in [0.25, 0.3) is 0 Å². The normalized spacial score (nSPS) is 11.5. The first kappa shape index (κ1) is 14.8. The first-order valence-electron chi connectivity index (χ1n) is 5.61. The lowest BCUT2D eigenvalue weighted by atomic mass is 10.3. The van der Waals surface area contributed by atoms with Crippen molar-refractivity contribution in [2.45, 2.75) is 13.3 Å². The quantitative estimate of drug-likeness (QED) is 0.746. The van der Waals surface area contributed by atoms with Gasteiger partial charge in [0.25, 0.3) is 0 Å². The molecule has 4 nitrogen and oxygen atoms in total. The first-order chi connectivity index (χ1) is 8.44. The van der Waals surface area contributed by atoms with E-state index in [4.69, 9.17) is 0 Å². The van der Waals surface area contributed by atoms with Crippen LogP contribution in [-0.4, -0.2) is 27.3 Å². The van der Waals surface area contributed by atoms with Crippen LogP contribution in [0.5, 0.6) is 0 Å². The molecule has 102 valence electrons. The van der Waals surface area contributed by atoms with Crippen LogP contribution >= 0.6 is 0 Å². The number of sulfonamides is 1. The van der Waals surface area contributed by atoms with E-state index in [9.17, 15) is 17.2 Å². The Kier molecular flexibility index (Phi) is 5.49. The molecular formula is C11H16F2N2O2S. The molecule has 0 saturated heterocycles. The fourth-order valence-electron chi connectivity index (χ4n) is 1.30. The van der Waals surface area contributed by atoms with Crippen LogP contribution in [0.2, 0.25) is 0 Å². The van der Waals surface area contributed by atoms with Gasteiger partial charge in [0, 0.05) is 12.6 Å². The molecule has 0 spiro atoms. The van der Waals surface area contributed by atoms with Crippen LogP contribution in [-0.2, 0) is 10.0 Å². The number of nitrogens with one attached hydrogen (secondary N) is 2. The lowest BCUT2D eigenvalue weighted by Gasteiger charge is -2.09. The van der Waals surface area contributed by atoms with E-state index in [0.717, 1.165) is 24.6 Å². The van der Waals surface area contributed by atoms with E-state index in [-0.39, 0.29) is 18.0 Å². The minimum absolute atomic E-state index is 0.192. The van der Waals surface area contributed by atoms with Crippen LogP contribution in [0.4, 0.5) is 14.5 Å². The molecule has 2 N–H and O–H groups in total. The van der Waals surface area contributed by atoms with Crippen LogP contribution in [0.1, 0.15) is 13.3 Å². The fourth-order valence-corrected chi connectivity index (χ4v) is 2.31. The highest BCUT2D eigenvalue weighted by molar-refractivity contribution is 7.92. The van der Waals surface area contributed by atoms with Crippen LogP contribution in [0.3, 0.4) is 0 Å². The van der Waals surface area contributed by atoms with Gasteiger partial charge < -0.3 is 5.32 Å². The summed E-state index contributed by atoms with van der Waals surface area (Å²) >= 11 is 0. The highest BCUT2D eigenvalue weighted by Crippen LogP contribution is 2.16. The lowest BCUT2D eigenvalue weighted by Crippen LogP contribution is -2.27. The van der Waals surface area contributed by atoms with Crippen molar-refractivity contribution in [2.75, 3.05) is 23.6 Å². The summed E-state index contributed by atoms with van der Waals surface area (Å²) in [5.41, 5.74) is -0.370. The van der Waals surface area contributed by atoms with E-state index in [1.807, 2.05) is 11.6 Å². The van der Waals surface area contributed by atoms with Gasteiger partial charge in [-0.15, -0.1) is 0 Å². The molecule has 0 aliphatic carbocycles. The van der Waals surface area contributed by atoms with Gasteiger partial charge in [0.05, 0.1) is 11.4 Å². The molecule has 0 radical (unpaired) electrons. The van der Waals surface area contributed by atoms with Gasteiger partial charge >= 0.3 is 0 Å². The summed E-state index contributed by atoms with van der Waals surface area (Å²) in [6.45, 7) is 2.94. The number of halogens is 2. The lowest BCUT2D eigenvalue weighted by molar-refractivity contribution is 0.590. The molecule has 0 fully saturated rings. The fraction of sp³-hybridized carbons (Fsp3) is 0.455. The SMILES string of the molecule is CCCNCCS(=O)(=O)Nc1cc(F)ccc1F. The molecule has 1 aromatic rings. The third kappa shape index (κ3) is 4.97. The van der Waals surface area contributed by atoms with Crippen LogP contribution in [0.15, 0.2) is 18.2 Å². The molecule has 0 aromatic heterocycles. The smallest absolute Gasteiger partial charge is 0.234 e. The van der Waals surface area contributed by atoms with Gasteiger partial charge in [-0.05, 0) is 25.1 Å². The molecule has 1 aromatic carbocycles. The maximum Gasteiger partial charge on any atom is 0.234 e. The molecule has 18 heavy (non-hydrogen) atoms. The Morgan fingerprint density at radius 3 is 2.61 bits per heavy atom. The molecule has 0 heterocycles. The van der Waals surface area contributed by atoms with Crippen molar-refractivity contribution in [2.24, 2.45) is 0 Å². The summed E-state index contributed by atoms with van der Waals surface area (Å²) in [4.78, 5) is 0. The minimum atomic E-state index is -3.67. The highest BCUT2D eigenvalue weighted by atomic mass is 32.2. The Labute approximate surface area is 105 Å². The molecule has 0 aliphatic rings. The Morgan fingerprint density at radius 2 is 1.94 bits per heavy atom. The average molecular weight is 278 g/mol. The first-order valence-corrected chi connectivity index (χ1v) is 7.26. The number of hydrogen-bond donors (Lipinski definition) is 2. The van der Waals surface area contributed by atoms with Crippen molar-refractivity contribution < 1.29 is 17.2 Å². The standard InChI is InChI=1S/C11H16F2N2O2S/c1-2-5-14-6-7-18(16,17)15-11-8-9(12)3-4-10(11)13/h3-4,8,14-15H,2,5-7H2,1H3. The Morgan fingerprint density at radius 1 is 1.22 bits per heavy atom. The summed E-state index contributed by atoms with van der Waals surface area (Å²) < 4.78 is 51.3. The second-order valence-corrected chi connectivity index (χ2v) is 5.64. The van der Waals surface area contributed by atoms with E-state index in [0.29, 0.717) is 6.54 Å². The molecule has 0 saturated carbocycles. The van der Waals surface area contributed by atoms with Gasteiger partial charge in [0.1, 0.15) is 11.6 Å². The van der Waals surface area contributed by atoms with E-state index < -0.39 is 21.7 Å². The van der Waals surface area contributed by atoms with Gasteiger partial charge in [0.15, 0.2) is 0 Å². The number of anilines is 1. The molecule has 0 bridgehead atoms. The van der Waals surface area contributed by atoms with Crippen molar-refractivity contribution in [3.8, 4) is 0 Å². The topological polar surface area (TPSA) is 58.2 Å². The van der Waals surface area contributed by atoms with Crippen molar-refractivity contribution in [1.82, 2.24) is 5.32 Å². The van der Waals surface area contributed by atoms with Crippen molar-refractivity contribution in [1.29, 1.82) is 0 Å². The van der Waals surface area contributed by atoms with E-state index in [1.54, 1.807) is 0 Å². The Hall–Kier alpha value is -1.21. The molecule has 0 amide bonds. The average Bonchev–Trinajstić information content (AvgIpc) is 2.29. The minimum Gasteiger partial charge on any atom is -0.316 e. The van der Waals surface area contributed by atoms with E-state index in [1.165, 1.54) is 0 Å². The maximum atomic E-state index is 13.2. The predicted octanol–water partition coefficient (Wildman–Crippen LogP) is 1.71. The highest BCUT2D eigenvalue weighted by Gasteiger charge is 2.13. The van der Waals surface area contributed by atoms with Crippen molar-refractivity contribution in [3.05, 3.63) is 29.8 Å². The predicted molar refractivity (Wildman–Crippen MR) is 66.9 cm³/mol. The monoisotopic (exact) mass is 278 g/mol. The van der Waals surface area contributed by atoms with Gasteiger partial charge in [0.2, 0.25) is 10.0 Å². The summed E-state index contributed by atoms with van der Waals surface area (Å²) in [5.74, 6) is -1.69. The molecule has 0 unspecified atom stereocenters. The van der Waals surface area contributed by atoms with Crippen LogP contribution < -0.4 is 10.0 Å². The molecule has 1 rings (SSSR count). The zero-order chi connectivity index (χ0) is 13.6. The molecular weight excluding hydrogens is 262 g/mol. The Balaban J connectivity index is 2.62. The largest absolute Gasteiger partial charge is 0.316 e. The zero-order valence-corrected chi connectivity index (χ0v) is 10.9. The van der Waals surface area contributed by atoms with Crippen molar-refractivity contribution in [3.63, 3.8) is 0 Å². The van der Waals surface area contributed by atoms with Crippen LogP contribution in [0, 0.1) is 11.6 Å². The van der Waals surface area contributed by atoms with Gasteiger partial charge in [-0.2, -0.15) is 0 Å². The number of rotatable bonds is 7. The number of benzene rings is 1. The second-order valence-electron chi connectivity index (χ2n) is 3.80. The summed E-state index contributed by atoms with van der Waals surface area (Å²) in [6.07, 6.45) is 0.895. The summed E-state index contributed by atoms with van der Waals surface area (Å²) in [6, 6.07) is 2.62. The zero-order valence-electron chi connectivity index (χ0n) is 10.0. The van der Waals surface area contributed by atoms with Gasteiger partial charge in [-0.25, -0.2) is 17.2 Å². The Bertz CT molecular complexity index is 492.